The lowest BCUT2D eigenvalue weighted by molar-refractivity contribution is -0.173. The number of aryl methyl sites for hydroxylation is 1. The highest BCUT2D eigenvalue weighted by atomic mass is 32.2. The zero-order valence-electron chi connectivity index (χ0n) is 62.8. The van der Waals surface area contributed by atoms with E-state index in [1.54, 1.807) is 56.5 Å². The summed E-state index contributed by atoms with van der Waals surface area (Å²) in [6, 6.07) is 10.6. The van der Waals surface area contributed by atoms with Crippen molar-refractivity contribution in [2.75, 3.05) is 152 Å². The van der Waals surface area contributed by atoms with E-state index in [-0.39, 0.29) is 119 Å². The fourth-order valence-corrected chi connectivity index (χ4v) is 12.1. The predicted octanol–water partition coefficient (Wildman–Crippen LogP) is -0.741. The van der Waals surface area contributed by atoms with E-state index in [0.717, 1.165) is 19.1 Å². The van der Waals surface area contributed by atoms with Gasteiger partial charge in [-0.3, -0.25) is 43.2 Å². The maximum atomic E-state index is 15.1. The largest absolute Gasteiger partial charge is 0.458 e. The third-order valence-corrected chi connectivity index (χ3v) is 18.5. The first-order valence-electron chi connectivity index (χ1n) is 36.7. The maximum absolute atomic E-state index is 15.1. The van der Waals surface area contributed by atoms with E-state index >= 15 is 4.39 Å². The number of rotatable bonds is 51. The number of ether oxygens (including phenoxy) is 10. The van der Waals surface area contributed by atoms with Crippen molar-refractivity contribution < 1.29 is 108 Å². The van der Waals surface area contributed by atoms with Gasteiger partial charge in [0.1, 0.15) is 37.8 Å². The fraction of sp³-hybridized carbons (Fsp3) is 0.533. The average molecular weight is 1590 g/mol. The number of methoxy groups -OCH3 is 1. The number of aromatic nitrogens is 4. The molecule has 37 heteroatoms. The molecule has 3 atom stereocenters. The molecular weight excluding hydrogens is 1490 g/mol. The van der Waals surface area contributed by atoms with Gasteiger partial charge in [-0.1, -0.05) is 55.0 Å². The van der Waals surface area contributed by atoms with Crippen LogP contribution in [0.2, 0.25) is 0 Å². The molecule has 112 heavy (non-hydrogen) atoms. The monoisotopic (exact) mass is 1580 g/mol. The number of fused-ring (bicyclic) bond motifs is 5. The number of pyridine rings is 2. The Balaban J connectivity index is 0.726. The first kappa shape index (κ1) is 87.7. The molecule has 3 aliphatic rings. The van der Waals surface area contributed by atoms with E-state index in [9.17, 15) is 61.5 Å². The molecule has 0 saturated heterocycles. The molecule has 8 rings (SSSR count). The number of nitrogens with one attached hydrogen (secondary N) is 8. The summed E-state index contributed by atoms with van der Waals surface area (Å²) in [6.45, 7) is 3.97. The van der Waals surface area contributed by atoms with Crippen LogP contribution in [0.25, 0.3) is 22.3 Å². The van der Waals surface area contributed by atoms with Crippen molar-refractivity contribution in [2.24, 2.45) is 5.92 Å². The van der Waals surface area contributed by atoms with Crippen LogP contribution in [0.15, 0.2) is 70.9 Å². The van der Waals surface area contributed by atoms with Gasteiger partial charge < -0.3 is 99.6 Å². The van der Waals surface area contributed by atoms with Crippen LogP contribution >= 0.6 is 0 Å². The molecule has 1 fully saturated rings. The zero-order chi connectivity index (χ0) is 80.3. The Kier molecular flexibility index (Phi) is 35.7. The summed E-state index contributed by atoms with van der Waals surface area (Å²) in [5.41, 5.74) is 1.00. The summed E-state index contributed by atoms with van der Waals surface area (Å²) in [4.78, 5) is 145. The maximum Gasteiger partial charge on any atom is 0.343 e. The van der Waals surface area contributed by atoms with Crippen molar-refractivity contribution in [3.63, 3.8) is 0 Å². The van der Waals surface area contributed by atoms with E-state index in [0.29, 0.717) is 124 Å². The number of unbranched alkanes of at least 4 members (excludes halogenated alkanes) is 1. The summed E-state index contributed by atoms with van der Waals surface area (Å²) in [7, 11) is -2.00. The second-order valence-corrected chi connectivity index (χ2v) is 28.2. The Labute approximate surface area is 646 Å². The minimum absolute atomic E-state index is 0.0114. The molecule has 5 heterocycles. The summed E-state index contributed by atoms with van der Waals surface area (Å²) in [6.07, 6.45) is 5.13. The number of benzene rings is 2. The summed E-state index contributed by atoms with van der Waals surface area (Å²) in [5, 5.41) is 32.3. The minimum atomic E-state index is -3.61. The van der Waals surface area contributed by atoms with Gasteiger partial charge in [-0.2, -0.15) is 0 Å². The number of nitrogens with zero attached hydrogens (tertiary/aromatic N) is 4. The average Bonchev–Trinajstić information content (AvgIpc) is 1.60. The lowest BCUT2D eigenvalue weighted by Crippen LogP contribution is -2.52. The number of esters is 1. The molecule has 0 unspecified atom stereocenters. The second-order valence-electron chi connectivity index (χ2n) is 26.3. The molecule has 2 aliphatic heterocycles. The first-order valence-corrected chi connectivity index (χ1v) is 38.6. The van der Waals surface area contributed by atoms with Gasteiger partial charge in [0.2, 0.25) is 62.3 Å². The van der Waals surface area contributed by atoms with Crippen molar-refractivity contribution in [1.29, 1.82) is 0 Å². The van der Waals surface area contributed by atoms with E-state index in [1.165, 1.54) is 23.0 Å². The fourth-order valence-electron chi connectivity index (χ4n) is 11.6. The van der Waals surface area contributed by atoms with Crippen LogP contribution in [0.3, 0.4) is 0 Å². The van der Waals surface area contributed by atoms with Crippen molar-refractivity contribution in [3.05, 3.63) is 116 Å². The van der Waals surface area contributed by atoms with Gasteiger partial charge in [0.05, 0.1) is 153 Å². The standard InChI is InChI=1S/C75H97FN12O23S/c1-49-34-53-54(55-45-88-62(69(55)87-60(53)37-58(49)76)36-57-56(72(88)97)46-111-73(98)75(57,99)38-51-14-15-51)41-78-68(94)47-110-48-84-66(92)43-81-71(96)61(35-50-10-6-4-7-11-50)86-67(93)44-80-65(91)42-79-63(89)17-16-59(85-64(90)13-9-5-8-12-52-39-82-74(83-40-52)112(3,100)101)70(95)77-18-19-103-22-23-105-26-27-107-30-31-109-33-32-108-29-28-106-25-24-104-21-20-102-2/h4,6-7,10-11,34,36-37,39-40,51,59,61,99H,5,9,13-33,35,38,41-48H2,1-3H3,(H,77,95)(H,78,94)(H,79,89)(H,80,91)(H,81,96)(H,84,92)(H,85,90)(H,86,93)/t59-,61-,75-/m0/s1. The SMILES string of the molecule is COCCOCCOCCOCCOCCOCCOCCOCCNC(=O)[C@H](CCC(=O)NCC(=O)NCC(=O)N[C@@H](Cc1ccccc1)C(=O)NCC(=O)NCOCC(=O)NCc1c2c(nc3cc(F)c(C)cc13)-c1cc3c(c(=O)n1C2)COC(=O)[C@]3(O)CC1CC1)NC(=O)CCCC#Cc1cnc(S(C)(=O)=O)nc1. The van der Waals surface area contributed by atoms with Gasteiger partial charge in [-0.15, -0.1) is 0 Å². The Hall–Kier alpha value is -9.85. The number of carbonyl (C=O) groups is 9. The smallest absolute Gasteiger partial charge is 0.343 e. The third-order valence-electron chi connectivity index (χ3n) is 17.6. The number of aliphatic hydroxyl groups is 1. The molecule has 0 spiro atoms. The van der Waals surface area contributed by atoms with Gasteiger partial charge in [0.15, 0.2) is 5.60 Å². The van der Waals surface area contributed by atoms with E-state index in [4.69, 9.17) is 52.4 Å². The Morgan fingerprint density at radius 2 is 1.27 bits per heavy atom. The van der Waals surface area contributed by atoms with Gasteiger partial charge in [0, 0.05) is 87.1 Å². The lowest BCUT2D eigenvalue weighted by Gasteiger charge is -2.32. The summed E-state index contributed by atoms with van der Waals surface area (Å²) >= 11 is 0. The van der Waals surface area contributed by atoms with E-state index in [1.807, 2.05) is 0 Å². The van der Waals surface area contributed by atoms with Crippen LogP contribution in [0.5, 0.6) is 0 Å². The third kappa shape index (κ3) is 28.7. The highest BCUT2D eigenvalue weighted by Crippen LogP contribution is 2.46. The molecule has 9 N–H and O–H groups in total. The molecule has 3 aromatic heterocycles. The molecule has 5 aromatic rings. The molecule has 8 amide bonds. The molecule has 35 nitrogen and oxygen atoms in total. The molecule has 2 aromatic carbocycles. The molecule has 1 aliphatic carbocycles. The van der Waals surface area contributed by atoms with Crippen LogP contribution < -0.4 is 48.1 Å². The molecule has 0 radical (unpaired) electrons. The first-order chi connectivity index (χ1) is 54.0. The Bertz CT molecular complexity index is 4300. The topological polar surface area (TPSA) is 457 Å². The van der Waals surface area contributed by atoms with Crippen LogP contribution in [0.4, 0.5) is 4.39 Å². The van der Waals surface area contributed by atoms with Crippen LogP contribution in [-0.2, 0) is 132 Å². The highest BCUT2D eigenvalue weighted by molar-refractivity contribution is 7.90. The van der Waals surface area contributed by atoms with Gasteiger partial charge >= 0.3 is 5.97 Å². The molecule has 608 valence electrons. The van der Waals surface area contributed by atoms with Crippen LogP contribution in [0.1, 0.15) is 90.3 Å². The van der Waals surface area contributed by atoms with Gasteiger partial charge in [-0.25, -0.2) is 32.6 Å². The van der Waals surface area contributed by atoms with Gasteiger partial charge in [0.25, 0.3) is 5.56 Å². The van der Waals surface area contributed by atoms with Crippen molar-refractivity contribution in [1.82, 2.24) is 62.1 Å². The number of sulfone groups is 1. The van der Waals surface area contributed by atoms with Crippen LogP contribution in [0, 0.1) is 30.5 Å². The number of hydrogen-bond acceptors (Lipinski definition) is 26. The summed E-state index contributed by atoms with van der Waals surface area (Å²) < 4.78 is 94.0. The highest BCUT2D eigenvalue weighted by Gasteiger charge is 2.50. The Morgan fingerprint density at radius 3 is 1.90 bits per heavy atom. The number of halogens is 1. The number of carbonyl (C=O) groups excluding carboxylic acids is 9. The van der Waals surface area contributed by atoms with Crippen LogP contribution in [-0.4, -0.2) is 250 Å². The van der Waals surface area contributed by atoms with Crippen molar-refractivity contribution >= 4 is 74.0 Å². The quantitative estimate of drug-likeness (QED) is 0.00746. The molecule has 1 saturated carbocycles. The number of cyclic esters (lactones) is 1. The number of amides is 8. The van der Waals surface area contributed by atoms with E-state index < -0.39 is 125 Å². The van der Waals surface area contributed by atoms with E-state index in [2.05, 4.69) is 64.3 Å². The number of hydrogen-bond donors (Lipinski definition) is 9. The second kappa shape index (κ2) is 45.6. The molecule has 0 bridgehead atoms. The minimum Gasteiger partial charge on any atom is -0.458 e. The Morgan fingerprint density at radius 1 is 0.679 bits per heavy atom. The molecular formula is C75H97FN12O23S. The van der Waals surface area contributed by atoms with Crippen molar-refractivity contribution in [2.45, 2.75) is 107 Å². The normalized spacial score (nSPS) is 14.6. The predicted molar refractivity (Wildman–Crippen MR) is 396 cm³/mol. The van der Waals surface area contributed by atoms with Crippen molar-refractivity contribution in [3.8, 4) is 23.2 Å². The zero-order valence-corrected chi connectivity index (χ0v) is 63.7. The summed E-state index contributed by atoms with van der Waals surface area (Å²) in [5.74, 6) is -1.16. The lowest BCUT2D eigenvalue weighted by atomic mass is 9.84. The van der Waals surface area contributed by atoms with Gasteiger partial charge in [-0.05, 0) is 60.9 Å².